The molecule has 0 aliphatic heterocycles. The molecule has 0 fully saturated rings. The van der Waals surface area contributed by atoms with Crippen molar-refractivity contribution in [2.45, 2.75) is 26.1 Å². The first kappa shape index (κ1) is 21.6. The van der Waals surface area contributed by atoms with Gasteiger partial charge in [0.2, 0.25) is 0 Å². The summed E-state index contributed by atoms with van der Waals surface area (Å²) >= 11 is 0. The van der Waals surface area contributed by atoms with Crippen LogP contribution >= 0.6 is 0 Å². The molecule has 32 heavy (non-hydrogen) atoms. The minimum Gasteiger partial charge on any atom is -0.489 e. The van der Waals surface area contributed by atoms with E-state index in [2.05, 4.69) is 58.6 Å². The number of benzene rings is 2. The molecule has 2 aromatic carbocycles. The highest BCUT2D eigenvalue weighted by molar-refractivity contribution is 5.91. The molecule has 6 heteroatoms. The summed E-state index contributed by atoms with van der Waals surface area (Å²) in [5.74, 6) is 0.829. The number of rotatable bonds is 9. The Bertz CT molecular complexity index is 1160. The standard InChI is InChI=1S/C26H27N3O3/c1-19(16-28-26(30)25-6-4-14-31-25)32-23-10-7-20(8-11-23)17-29(2)18-21-9-12-24-22(15-21)5-3-13-27-24/h3-15,19H,16-18H2,1-2H3,(H,28,30)/t19-/m0/s1. The second kappa shape index (κ2) is 10.1. The molecule has 0 saturated carbocycles. The Morgan fingerprint density at radius 3 is 2.62 bits per heavy atom. The summed E-state index contributed by atoms with van der Waals surface area (Å²) in [6, 6.07) is 21.9. The van der Waals surface area contributed by atoms with Crippen LogP contribution in [0.25, 0.3) is 10.9 Å². The van der Waals surface area contributed by atoms with Gasteiger partial charge in [-0.25, -0.2) is 0 Å². The van der Waals surface area contributed by atoms with E-state index in [1.807, 2.05) is 31.3 Å². The lowest BCUT2D eigenvalue weighted by molar-refractivity contribution is 0.0904. The lowest BCUT2D eigenvalue weighted by Gasteiger charge is -2.18. The zero-order chi connectivity index (χ0) is 22.3. The van der Waals surface area contributed by atoms with Gasteiger partial charge in [-0.2, -0.15) is 0 Å². The molecule has 0 aliphatic carbocycles. The molecule has 1 atom stereocenters. The van der Waals surface area contributed by atoms with Gasteiger partial charge in [0, 0.05) is 24.7 Å². The van der Waals surface area contributed by atoms with Gasteiger partial charge < -0.3 is 14.5 Å². The van der Waals surface area contributed by atoms with E-state index in [1.165, 1.54) is 17.4 Å². The largest absolute Gasteiger partial charge is 0.489 e. The van der Waals surface area contributed by atoms with E-state index in [-0.39, 0.29) is 12.0 Å². The maximum Gasteiger partial charge on any atom is 0.287 e. The van der Waals surface area contributed by atoms with Crippen LogP contribution in [0.4, 0.5) is 0 Å². The first-order chi connectivity index (χ1) is 15.6. The van der Waals surface area contributed by atoms with Crippen LogP contribution in [-0.2, 0) is 13.1 Å². The predicted octanol–water partition coefficient (Wildman–Crippen LogP) is 4.66. The minimum atomic E-state index is -0.244. The predicted molar refractivity (Wildman–Crippen MR) is 124 cm³/mol. The van der Waals surface area contributed by atoms with Gasteiger partial charge in [0.25, 0.3) is 5.91 Å². The number of furan rings is 1. The van der Waals surface area contributed by atoms with Gasteiger partial charge in [-0.05, 0) is 67.6 Å². The van der Waals surface area contributed by atoms with Crippen molar-refractivity contribution in [2.75, 3.05) is 13.6 Å². The number of pyridine rings is 1. The summed E-state index contributed by atoms with van der Waals surface area (Å²) in [5, 5.41) is 3.97. The number of nitrogens with zero attached hydrogens (tertiary/aromatic N) is 2. The Morgan fingerprint density at radius 2 is 1.84 bits per heavy atom. The Labute approximate surface area is 187 Å². The summed E-state index contributed by atoms with van der Waals surface area (Å²) in [6.07, 6.45) is 3.14. The number of fused-ring (bicyclic) bond motifs is 1. The number of aromatic nitrogens is 1. The molecule has 0 spiro atoms. The maximum absolute atomic E-state index is 11.9. The number of amides is 1. The molecule has 0 saturated heterocycles. The van der Waals surface area contributed by atoms with Gasteiger partial charge in [-0.1, -0.05) is 24.3 Å². The normalized spacial score (nSPS) is 12.1. The third kappa shape index (κ3) is 5.74. The van der Waals surface area contributed by atoms with E-state index in [9.17, 15) is 4.79 Å². The topological polar surface area (TPSA) is 67.6 Å². The second-order valence-corrected chi connectivity index (χ2v) is 7.96. The molecule has 4 aromatic rings. The Kier molecular flexibility index (Phi) is 6.82. The van der Waals surface area contributed by atoms with Crippen molar-refractivity contribution in [3.05, 3.63) is 96.1 Å². The molecule has 4 rings (SSSR count). The van der Waals surface area contributed by atoms with Gasteiger partial charge in [0.15, 0.2) is 5.76 Å². The summed E-state index contributed by atoms with van der Waals surface area (Å²) in [6.45, 7) is 4.00. The van der Waals surface area contributed by atoms with Crippen molar-refractivity contribution in [1.29, 1.82) is 0 Å². The highest BCUT2D eigenvalue weighted by atomic mass is 16.5. The average Bonchev–Trinajstić information content (AvgIpc) is 3.34. The van der Waals surface area contributed by atoms with Crippen molar-refractivity contribution in [1.82, 2.24) is 15.2 Å². The van der Waals surface area contributed by atoms with Gasteiger partial charge in [-0.3, -0.25) is 14.7 Å². The second-order valence-electron chi connectivity index (χ2n) is 7.96. The van der Waals surface area contributed by atoms with Gasteiger partial charge >= 0.3 is 0 Å². The summed E-state index contributed by atoms with van der Waals surface area (Å²) in [4.78, 5) is 18.6. The minimum absolute atomic E-state index is 0.162. The van der Waals surface area contributed by atoms with Crippen LogP contribution in [0, 0.1) is 0 Å². The molecular formula is C26H27N3O3. The fraction of sp³-hybridized carbons (Fsp3) is 0.231. The number of nitrogens with one attached hydrogen (secondary N) is 1. The molecule has 0 unspecified atom stereocenters. The number of carbonyl (C=O) groups is 1. The first-order valence-electron chi connectivity index (χ1n) is 10.7. The third-order valence-corrected chi connectivity index (χ3v) is 5.13. The van der Waals surface area contributed by atoms with Crippen LogP contribution in [-0.4, -0.2) is 35.5 Å². The van der Waals surface area contributed by atoms with Crippen molar-refractivity contribution in [2.24, 2.45) is 0 Å². The molecule has 0 bridgehead atoms. The zero-order valence-electron chi connectivity index (χ0n) is 18.3. The number of hydrogen-bond donors (Lipinski definition) is 1. The number of hydrogen-bond acceptors (Lipinski definition) is 5. The van der Waals surface area contributed by atoms with Crippen LogP contribution in [0.5, 0.6) is 5.75 Å². The van der Waals surface area contributed by atoms with Crippen LogP contribution in [0.3, 0.4) is 0 Å². The van der Waals surface area contributed by atoms with Crippen LogP contribution in [0.15, 0.2) is 83.6 Å². The van der Waals surface area contributed by atoms with Crippen LogP contribution in [0.1, 0.15) is 28.6 Å². The Hall–Kier alpha value is -3.64. The van der Waals surface area contributed by atoms with Crippen LogP contribution in [0.2, 0.25) is 0 Å². The molecule has 164 valence electrons. The quantitative estimate of drug-likeness (QED) is 0.419. The van der Waals surface area contributed by atoms with Gasteiger partial charge in [0.05, 0.1) is 18.3 Å². The summed E-state index contributed by atoms with van der Waals surface area (Å²) < 4.78 is 11.0. The van der Waals surface area contributed by atoms with Gasteiger partial charge in [-0.15, -0.1) is 0 Å². The molecule has 1 amide bonds. The highest BCUT2D eigenvalue weighted by Gasteiger charge is 2.11. The van der Waals surface area contributed by atoms with E-state index in [0.717, 1.165) is 29.7 Å². The van der Waals surface area contributed by atoms with E-state index < -0.39 is 0 Å². The lowest BCUT2D eigenvalue weighted by atomic mass is 10.1. The smallest absolute Gasteiger partial charge is 0.287 e. The SMILES string of the molecule is C[C@@H](CNC(=O)c1ccco1)Oc1ccc(CN(C)Cc2ccc3ncccc3c2)cc1. The van der Waals surface area contributed by atoms with Crippen molar-refractivity contribution in [3.8, 4) is 5.75 Å². The Morgan fingerprint density at radius 1 is 1.06 bits per heavy atom. The molecule has 2 aromatic heterocycles. The average molecular weight is 430 g/mol. The van der Waals surface area contributed by atoms with Crippen molar-refractivity contribution in [3.63, 3.8) is 0 Å². The maximum atomic E-state index is 11.9. The van der Waals surface area contributed by atoms with Crippen molar-refractivity contribution >= 4 is 16.8 Å². The van der Waals surface area contributed by atoms with E-state index >= 15 is 0 Å². The van der Waals surface area contributed by atoms with E-state index in [0.29, 0.717) is 12.3 Å². The van der Waals surface area contributed by atoms with E-state index in [1.54, 1.807) is 12.1 Å². The summed E-state index contributed by atoms with van der Waals surface area (Å²) in [7, 11) is 2.11. The lowest BCUT2D eigenvalue weighted by Crippen LogP contribution is -2.33. The fourth-order valence-electron chi connectivity index (χ4n) is 3.58. The van der Waals surface area contributed by atoms with Crippen LogP contribution < -0.4 is 10.1 Å². The molecular weight excluding hydrogens is 402 g/mol. The monoisotopic (exact) mass is 429 g/mol. The molecule has 6 nitrogen and oxygen atoms in total. The molecule has 0 radical (unpaired) electrons. The summed E-state index contributed by atoms with van der Waals surface area (Å²) in [5.41, 5.74) is 3.49. The van der Waals surface area contributed by atoms with Gasteiger partial charge in [0.1, 0.15) is 11.9 Å². The van der Waals surface area contributed by atoms with Crippen molar-refractivity contribution < 1.29 is 13.9 Å². The Balaban J connectivity index is 1.25. The third-order valence-electron chi connectivity index (χ3n) is 5.13. The molecule has 1 N–H and O–H groups in total. The number of ether oxygens (including phenoxy) is 1. The molecule has 2 heterocycles. The number of carbonyl (C=O) groups excluding carboxylic acids is 1. The zero-order valence-corrected chi connectivity index (χ0v) is 18.3. The molecule has 0 aliphatic rings. The fourth-order valence-corrected chi connectivity index (χ4v) is 3.58. The van der Waals surface area contributed by atoms with E-state index in [4.69, 9.17) is 9.15 Å². The first-order valence-corrected chi connectivity index (χ1v) is 10.7. The highest BCUT2D eigenvalue weighted by Crippen LogP contribution is 2.18.